The fourth-order valence-electron chi connectivity index (χ4n) is 5.61. The number of amides is 3. The third-order valence-corrected chi connectivity index (χ3v) is 7.83. The lowest BCUT2D eigenvalue weighted by Crippen LogP contribution is -2.50. The standard InChI is InChI=1S/C25H33N3O5/c29-22(21(16-5-2-1-3-6-16)28-24(31)33-18-7-4-8-18)26-17-9-10-19-20(15-17)27-23(30)25(19)11-13-32-14-12-25/h9-10,15-16,18,21H,1-8,11-14H2,(H,26,29)(H,27,30)(H,28,31)/t21-/m0/s1. The van der Waals surface area contributed by atoms with E-state index in [2.05, 4.69) is 16.0 Å². The van der Waals surface area contributed by atoms with Gasteiger partial charge in [0.2, 0.25) is 11.8 Å². The molecule has 1 spiro atoms. The Morgan fingerprint density at radius 3 is 2.52 bits per heavy atom. The van der Waals surface area contributed by atoms with Gasteiger partial charge in [0, 0.05) is 24.6 Å². The molecular formula is C25H33N3O5. The van der Waals surface area contributed by atoms with Crippen LogP contribution in [0.1, 0.15) is 69.8 Å². The SMILES string of the molecule is O=C(N[C@H](C(=O)Nc1ccc2c(c1)NC(=O)C21CCOCC1)C1CCCCC1)OC1CCC1. The van der Waals surface area contributed by atoms with E-state index in [1.165, 1.54) is 0 Å². The molecule has 0 unspecified atom stereocenters. The fraction of sp³-hybridized carbons (Fsp3) is 0.640. The van der Waals surface area contributed by atoms with Gasteiger partial charge in [0.25, 0.3) is 0 Å². The number of rotatable bonds is 5. The molecular weight excluding hydrogens is 422 g/mol. The van der Waals surface area contributed by atoms with E-state index >= 15 is 0 Å². The van der Waals surface area contributed by atoms with E-state index in [0.29, 0.717) is 31.7 Å². The molecule has 2 aliphatic carbocycles. The van der Waals surface area contributed by atoms with Crippen LogP contribution in [0.15, 0.2) is 18.2 Å². The van der Waals surface area contributed by atoms with Gasteiger partial charge in [-0.1, -0.05) is 25.3 Å². The van der Waals surface area contributed by atoms with Crippen LogP contribution in [0, 0.1) is 5.92 Å². The van der Waals surface area contributed by atoms with Crippen molar-refractivity contribution < 1.29 is 23.9 Å². The zero-order valence-corrected chi connectivity index (χ0v) is 19.0. The molecule has 8 heteroatoms. The van der Waals surface area contributed by atoms with Crippen molar-refractivity contribution in [2.75, 3.05) is 23.8 Å². The Labute approximate surface area is 194 Å². The van der Waals surface area contributed by atoms with Crippen LogP contribution in [-0.4, -0.2) is 43.3 Å². The molecule has 3 N–H and O–H groups in total. The van der Waals surface area contributed by atoms with Crippen molar-refractivity contribution in [1.82, 2.24) is 5.32 Å². The molecule has 2 saturated carbocycles. The second-order valence-corrected chi connectivity index (χ2v) is 9.88. The van der Waals surface area contributed by atoms with E-state index in [1.54, 1.807) is 0 Å². The minimum Gasteiger partial charge on any atom is -0.446 e. The predicted octanol–water partition coefficient (Wildman–Crippen LogP) is 3.85. The number of anilines is 2. The van der Waals surface area contributed by atoms with Gasteiger partial charge in [0.1, 0.15) is 12.1 Å². The van der Waals surface area contributed by atoms with Gasteiger partial charge in [0.15, 0.2) is 0 Å². The third-order valence-electron chi connectivity index (χ3n) is 7.83. The first-order chi connectivity index (χ1) is 16.0. The topological polar surface area (TPSA) is 106 Å². The molecule has 3 amide bonds. The number of carbonyl (C=O) groups is 3. The zero-order valence-electron chi connectivity index (χ0n) is 19.0. The Hall–Kier alpha value is -2.61. The highest BCUT2D eigenvalue weighted by molar-refractivity contribution is 6.07. The number of hydrogen-bond acceptors (Lipinski definition) is 5. The summed E-state index contributed by atoms with van der Waals surface area (Å²) in [5, 5.41) is 8.83. The Morgan fingerprint density at radius 2 is 1.82 bits per heavy atom. The summed E-state index contributed by atoms with van der Waals surface area (Å²) in [6, 6.07) is 4.96. The maximum atomic E-state index is 13.3. The first-order valence-corrected chi connectivity index (χ1v) is 12.4. The van der Waals surface area contributed by atoms with Crippen molar-refractivity contribution in [3.05, 3.63) is 23.8 Å². The molecule has 0 aromatic heterocycles. The van der Waals surface area contributed by atoms with E-state index in [-0.39, 0.29) is 23.8 Å². The minimum atomic E-state index is -0.637. The van der Waals surface area contributed by atoms with Crippen molar-refractivity contribution in [2.24, 2.45) is 5.92 Å². The van der Waals surface area contributed by atoms with Gasteiger partial charge in [-0.15, -0.1) is 0 Å². The van der Waals surface area contributed by atoms with Crippen molar-refractivity contribution in [2.45, 2.75) is 81.8 Å². The largest absolute Gasteiger partial charge is 0.446 e. The second kappa shape index (κ2) is 9.33. The number of alkyl carbamates (subject to hydrolysis) is 1. The summed E-state index contributed by atoms with van der Waals surface area (Å²) in [4.78, 5) is 38.5. The number of benzene rings is 1. The first kappa shape index (κ1) is 22.2. The average molecular weight is 456 g/mol. The quantitative estimate of drug-likeness (QED) is 0.625. The molecule has 3 fully saturated rings. The lowest BCUT2D eigenvalue weighted by molar-refractivity contribution is -0.124. The minimum absolute atomic E-state index is 0.00441. The van der Waals surface area contributed by atoms with E-state index in [4.69, 9.17) is 9.47 Å². The van der Waals surface area contributed by atoms with Crippen LogP contribution in [-0.2, 0) is 24.5 Å². The predicted molar refractivity (Wildman–Crippen MR) is 123 cm³/mol. The van der Waals surface area contributed by atoms with Crippen LogP contribution in [0.2, 0.25) is 0 Å². The molecule has 2 heterocycles. The van der Waals surface area contributed by atoms with E-state index < -0.39 is 17.6 Å². The lowest BCUT2D eigenvalue weighted by Gasteiger charge is -2.32. The van der Waals surface area contributed by atoms with Crippen LogP contribution < -0.4 is 16.0 Å². The van der Waals surface area contributed by atoms with Gasteiger partial charge in [-0.25, -0.2) is 4.79 Å². The summed E-state index contributed by atoms with van der Waals surface area (Å²) in [6.07, 6.45) is 8.75. The van der Waals surface area contributed by atoms with Crippen molar-refractivity contribution in [3.8, 4) is 0 Å². The molecule has 2 aliphatic heterocycles. The van der Waals surface area contributed by atoms with Gasteiger partial charge in [-0.05, 0) is 68.6 Å². The number of ether oxygens (including phenoxy) is 2. The molecule has 1 aromatic carbocycles. The first-order valence-electron chi connectivity index (χ1n) is 12.4. The normalized spacial score (nSPS) is 23.2. The van der Waals surface area contributed by atoms with Crippen LogP contribution in [0.25, 0.3) is 0 Å². The molecule has 5 rings (SSSR count). The van der Waals surface area contributed by atoms with Crippen LogP contribution in [0.4, 0.5) is 16.2 Å². The van der Waals surface area contributed by atoms with Gasteiger partial charge < -0.3 is 25.4 Å². The average Bonchev–Trinajstić information content (AvgIpc) is 3.05. The number of carbonyl (C=O) groups excluding carboxylic acids is 3. The van der Waals surface area contributed by atoms with Crippen molar-refractivity contribution >= 4 is 29.3 Å². The highest BCUT2D eigenvalue weighted by Crippen LogP contribution is 2.45. The van der Waals surface area contributed by atoms with Gasteiger partial charge in [0.05, 0.1) is 5.41 Å². The summed E-state index contributed by atoms with van der Waals surface area (Å²) < 4.78 is 10.9. The molecule has 0 radical (unpaired) electrons. The van der Waals surface area contributed by atoms with Gasteiger partial charge >= 0.3 is 6.09 Å². The summed E-state index contributed by atoms with van der Waals surface area (Å²) in [5.41, 5.74) is 1.79. The molecule has 1 saturated heterocycles. The monoisotopic (exact) mass is 455 g/mol. The molecule has 0 bridgehead atoms. The maximum Gasteiger partial charge on any atom is 0.408 e. The third kappa shape index (κ3) is 4.45. The summed E-state index contributed by atoms with van der Waals surface area (Å²) >= 11 is 0. The van der Waals surface area contributed by atoms with E-state index in [0.717, 1.165) is 62.6 Å². The Balaban J connectivity index is 1.30. The van der Waals surface area contributed by atoms with Crippen molar-refractivity contribution in [3.63, 3.8) is 0 Å². The highest BCUT2D eigenvalue weighted by Gasteiger charge is 2.47. The second-order valence-electron chi connectivity index (χ2n) is 9.88. The molecule has 33 heavy (non-hydrogen) atoms. The fourth-order valence-corrected chi connectivity index (χ4v) is 5.61. The smallest absolute Gasteiger partial charge is 0.408 e. The lowest BCUT2D eigenvalue weighted by atomic mass is 9.75. The molecule has 8 nitrogen and oxygen atoms in total. The Bertz CT molecular complexity index is 917. The molecule has 1 aromatic rings. The van der Waals surface area contributed by atoms with E-state index in [1.807, 2.05) is 18.2 Å². The molecule has 178 valence electrons. The highest BCUT2D eigenvalue weighted by atomic mass is 16.6. The number of fused-ring (bicyclic) bond motifs is 2. The summed E-state index contributed by atoms with van der Waals surface area (Å²) in [6.45, 7) is 1.13. The van der Waals surface area contributed by atoms with E-state index in [9.17, 15) is 14.4 Å². The zero-order chi connectivity index (χ0) is 22.8. The van der Waals surface area contributed by atoms with Crippen LogP contribution in [0.5, 0.6) is 0 Å². The summed E-state index contributed by atoms with van der Waals surface area (Å²) in [5.74, 6) is -0.144. The van der Waals surface area contributed by atoms with Gasteiger partial charge in [-0.2, -0.15) is 0 Å². The van der Waals surface area contributed by atoms with Gasteiger partial charge in [-0.3, -0.25) is 9.59 Å². The van der Waals surface area contributed by atoms with Crippen molar-refractivity contribution in [1.29, 1.82) is 0 Å². The molecule has 1 atom stereocenters. The maximum absolute atomic E-state index is 13.3. The number of hydrogen-bond donors (Lipinski definition) is 3. The number of nitrogens with one attached hydrogen (secondary N) is 3. The van der Waals surface area contributed by atoms with Crippen LogP contribution in [0.3, 0.4) is 0 Å². The Morgan fingerprint density at radius 1 is 1.06 bits per heavy atom. The van der Waals surface area contributed by atoms with Crippen LogP contribution >= 0.6 is 0 Å². The Kier molecular flexibility index (Phi) is 6.27. The molecule has 4 aliphatic rings. The summed E-state index contributed by atoms with van der Waals surface area (Å²) in [7, 11) is 0.